The zero-order valence-electron chi connectivity index (χ0n) is 15.3. The fourth-order valence-corrected chi connectivity index (χ4v) is 3.45. The van der Waals surface area contributed by atoms with Crippen molar-refractivity contribution in [1.29, 1.82) is 0 Å². The molecule has 0 fully saturated rings. The van der Waals surface area contributed by atoms with E-state index in [4.69, 9.17) is 10.2 Å². The average molecular weight is 407 g/mol. The number of carbonyl (C=O) groups is 2. The third-order valence-corrected chi connectivity index (χ3v) is 4.99. The second kappa shape index (κ2) is 9.88. The van der Waals surface area contributed by atoms with Crippen LogP contribution in [0.5, 0.6) is 0 Å². The van der Waals surface area contributed by atoms with Gasteiger partial charge in [0.05, 0.1) is 17.9 Å². The number of hydrogen-bond donors (Lipinski definition) is 2. The minimum absolute atomic E-state index is 0.148. The van der Waals surface area contributed by atoms with Crippen LogP contribution in [0.25, 0.3) is 0 Å². The van der Waals surface area contributed by atoms with Crippen molar-refractivity contribution < 1.29 is 24.7 Å². The smallest absolute Gasteiger partial charge is 0.386 e. The first-order valence-electron chi connectivity index (χ1n) is 8.67. The number of nitro groups is 1. The summed E-state index contributed by atoms with van der Waals surface area (Å²) in [7, 11) is 0. The lowest BCUT2D eigenvalue weighted by atomic mass is 10.1. The lowest BCUT2D eigenvalue weighted by molar-refractivity contribution is -0.390. The second-order valence-electron chi connectivity index (χ2n) is 6.13. The summed E-state index contributed by atoms with van der Waals surface area (Å²) in [5.41, 5.74) is 1.30. The number of rotatable bonds is 11. The molecule has 0 amide bonds. The van der Waals surface area contributed by atoms with Crippen molar-refractivity contribution in [1.82, 2.24) is 9.55 Å². The molecule has 2 rings (SSSR count). The zero-order chi connectivity index (χ0) is 20.7. The number of aromatic carboxylic acids is 1. The minimum Gasteiger partial charge on any atom is -0.481 e. The van der Waals surface area contributed by atoms with Gasteiger partial charge < -0.3 is 24.9 Å². The SMILES string of the molecule is CCCCc1nc([N+](=O)[O-])c(CSCC(=O)O)n1Cc1ccc(C(=O)O)cc1. The lowest BCUT2D eigenvalue weighted by Crippen LogP contribution is -2.10. The molecule has 150 valence electrons. The highest BCUT2D eigenvalue weighted by Crippen LogP contribution is 2.26. The predicted molar refractivity (Wildman–Crippen MR) is 104 cm³/mol. The molecule has 9 nitrogen and oxygen atoms in total. The van der Waals surface area contributed by atoms with Gasteiger partial charge in [-0.2, -0.15) is 0 Å². The fraction of sp³-hybridized carbons (Fsp3) is 0.389. The van der Waals surface area contributed by atoms with Gasteiger partial charge in [0, 0.05) is 12.2 Å². The number of aliphatic carboxylic acids is 1. The summed E-state index contributed by atoms with van der Waals surface area (Å²) in [5, 5.41) is 29.3. The summed E-state index contributed by atoms with van der Waals surface area (Å²) < 4.78 is 1.75. The van der Waals surface area contributed by atoms with E-state index in [0.717, 1.165) is 30.2 Å². The molecule has 1 aromatic heterocycles. The third-order valence-electron chi connectivity index (χ3n) is 4.06. The molecule has 0 saturated heterocycles. The van der Waals surface area contributed by atoms with Crippen LogP contribution in [0, 0.1) is 10.1 Å². The van der Waals surface area contributed by atoms with Crippen LogP contribution >= 0.6 is 11.8 Å². The fourth-order valence-electron chi connectivity index (χ4n) is 2.70. The Balaban J connectivity index is 2.39. The van der Waals surface area contributed by atoms with Gasteiger partial charge in [0.15, 0.2) is 0 Å². The van der Waals surface area contributed by atoms with Gasteiger partial charge >= 0.3 is 17.8 Å². The van der Waals surface area contributed by atoms with Crippen LogP contribution < -0.4 is 0 Å². The molecule has 1 aromatic carbocycles. The van der Waals surface area contributed by atoms with Crippen molar-refractivity contribution >= 4 is 29.5 Å². The van der Waals surface area contributed by atoms with Gasteiger partial charge in [-0.15, -0.1) is 11.8 Å². The summed E-state index contributed by atoms with van der Waals surface area (Å²) in [6.45, 7) is 2.30. The average Bonchev–Trinajstić information content (AvgIpc) is 2.98. The van der Waals surface area contributed by atoms with Gasteiger partial charge in [0.1, 0.15) is 5.69 Å². The number of hydrogen-bond acceptors (Lipinski definition) is 6. The highest BCUT2D eigenvalue weighted by molar-refractivity contribution is 7.99. The molecule has 1 heterocycles. The first-order chi connectivity index (χ1) is 13.3. The predicted octanol–water partition coefficient (Wildman–Crippen LogP) is 3.20. The number of unbranched alkanes of at least 4 members (excludes halogenated alkanes) is 1. The van der Waals surface area contributed by atoms with Crippen LogP contribution in [0.4, 0.5) is 5.82 Å². The Morgan fingerprint density at radius 3 is 2.46 bits per heavy atom. The maximum atomic E-state index is 11.5. The van der Waals surface area contributed by atoms with Crippen LogP contribution in [0.3, 0.4) is 0 Å². The highest BCUT2D eigenvalue weighted by atomic mass is 32.2. The summed E-state index contributed by atoms with van der Waals surface area (Å²) >= 11 is 1.07. The lowest BCUT2D eigenvalue weighted by Gasteiger charge is -2.10. The number of thioether (sulfide) groups is 1. The Bertz CT molecular complexity index is 863. The molecule has 0 saturated carbocycles. The summed E-state index contributed by atoms with van der Waals surface area (Å²) in [4.78, 5) is 36.9. The molecular formula is C18H21N3O6S. The van der Waals surface area contributed by atoms with E-state index < -0.39 is 16.9 Å². The molecule has 0 unspecified atom stereocenters. The monoisotopic (exact) mass is 407 g/mol. The third kappa shape index (κ3) is 5.56. The zero-order valence-corrected chi connectivity index (χ0v) is 16.1. The number of imidazole rings is 1. The molecular weight excluding hydrogens is 386 g/mol. The van der Waals surface area contributed by atoms with Crippen molar-refractivity contribution in [3.63, 3.8) is 0 Å². The molecule has 0 aliphatic heterocycles. The number of nitrogens with zero attached hydrogens (tertiary/aromatic N) is 3. The number of aryl methyl sites for hydroxylation is 1. The molecule has 2 N–H and O–H groups in total. The maximum absolute atomic E-state index is 11.5. The largest absolute Gasteiger partial charge is 0.481 e. The van der Waals surface area contributed by atoms with E-state index in [-0.39, 0.29) is 22.9 Å². The molecule has 0 aliphatic carbocycles. The molecule has 10 heteroatoms. The van der Waals surface area contributed by atoms with Crippen LogP contribution in [0.15, 0.2) is 24.3 Å². The maximum Gasteiger partial charge on any atom is 0.386 e. The van der Waals surface area contributed by atoms with Crippen molar-refractivity contribution in [2.75, 3.05) is 5.75 Å². The highest BCUT2D eigenvalue weighted by Gasteiger charge is 2.27. The Hall–Kier alpha value is -2.88. The number of carboxylic acid groups (broad SMARTS) is 2. The van der Waals surface area contributed by atoms with Gasteiger partial charge in [0.25, 0.3) is 0 Å². The van der Waals surface area contributed by atoms with Crippen molar-refractivity contribution in [2.45, 2.75) is 38.5 Å². The van der Waals surface area contributed by atoms with Gasteiger partial charge in [-0.05, 0) is 34.0 Å². The van der Waals surface area contributed by atoms with Crippen LogP contribution in [0.1, 0.15) is 47.2 Å². The minimum atomic E-state index is -1.03. The van der Waals surface area contributed by atoms with Gasteiger partial charge in [-0.25, -0.2) is 4.79 Å². The molecule has 2 aromatic rings. The van der Waals surface area contributed by atoms with Crippen LogP contribution in [-0.4, -0.2) is 42.4 Å². The Kier molecular flexibility index (Phi) is 7.56. The number of carboxylic acids is 2. The van der Waals surface area contributed by atoms with Gasteiger partial charge in [-0.1, -0.05) is 25.5 Å². The summed E-state index contributed by atoms with van der Waals surface area (Å²) in [5.74, 6) is -1.73. The van der Waals surface area contributed by atoms with E-state index >= 15 is 0 Å². The van der Waals surface area contributed by atoms with Gasteiger partial charge in [0.2, 0.25) is 5.82 Å². The van der Waals surface area contributed by atoms with Crippen LogP contribution in [0.2, 0.25) is 0 Å². The molecule has 0 spiro atoms. The van der Waals surface area contributed by atoms with Crippen molar-refractivity contribution in [2.24, 2.45) is 0 Å². The number of benzene rings is 1. The summed E-state index contributed by atoms with van der Waals surface area (Å²) in [6, 6.07) is 6.28. The molecule has 0 atom stereocenters. The Morgan fingerprint density at radius 1 is 1.25 bits per heavy atom. The standard InChI is InChI=1S/C18H21N3O6S/c1-2-3-4-15-19-17(21(26)27)14(10-28-11-16(22)23)20(15)9-12-5-7-13(8-6-12)18(24)25/h5-8H,2-4,9-11H2,1H3,(H,22,23)(H,24,25). The normalized spacial score (nSPS) is 10.8. The molecule has 0 radical (unpaired) electrons. The van der Waals surface area contributed by atoms with E-state index in [9.17, 15) is 19.7 Å². The van der Waals surface area contributed by atoms with Crippen LogP contribution in [-0.2, 0) is 23.5 Å². The van der Waals surface area contributed by atoms with Gasteiger partial charge in [-0.3, -0.25) is 4.79 Å². The van der Waals surface area contributed by atoms with E-state index in [1.165, 1.54) is 12.1 Å². The molecule has 0 bridgehead atoms. The van der Waals surface area contributed by atoms with Crippen molar-refractivity contribution in [3.8, 4) is 0 Å². The summed E-state index contributed by atoms with van der Waals surface area (Å²) in [6.07, 6.45) is 2.28. The Labute approximate surface area is 165 Å². The van der Waals surface area contributed by atoms with E-state index in [2.05, 4.69) is 4.98 Å². The van der Waals surface area contributed by atoms with E-state index in [1.54, 1.807) is 16.7 Å². The molecule has 28 heavy (non-hydrogen) atoms. The Morgan fingerprint density at radius 2 is 1.93 bits per heavy atom. The topological polar surface area (TPSA) is 136 Å². The van der Waals surface area contributed by atoms with E-state index in [1.807, 2.05) is 6.92 Å². The quantitative estimate of drug-likeness (QED) is 0.428. The number of aromatic nitrogens is 2. The molecule has 0 aliphatic rings. The van der Waals surface area contributed by atoms with E-state index in [0.29, 0.717) is 24.5 Å². The first kappa shape index (κ1) is 21.4. The second-order valence-corrected chi connectivity index (χ2v) is 7.12. The van der Waals surface area contributed by atoms with Crippen molar-refractivity contribution in [3.05, 3.63) is 57.0 Å². The first-order valence-corrected chi connectivity index (χ1v) is 9.83.